The Morgan fingerprint density at radius 1 is 1.40 bits per heavy atom. The van der Waals surface area contributed by atoms with Gasteiger partial charge in [-0.05, 0) is 31.5 Å². The molecule has 1 saturated heterocycles. The molecular formula is C13H16ClFN2O3. The van der Waals surface area contributed by atoms with E-state index in [0.29, 0.717) is 13.0 Å². The minimum Gasteiger partial charge on any atom is -0.480 e. The molecule has 2 N–H and O–H groups in total. The average molecular weight is 303 g/mol. The Bertz CT molecular complexity index is 498. The number of amides is 1. The Morgan fingerprint density at radius 2 is 2.10 bits per heavy atom. The Balaban J connectivity index is 0.00000200. The van der Waals surface area contributed by atoms with Gasteiger partial charge in [-0.3, -0.25) is 14.5 Å². The van der Waals surface area contributed by atoms with Crippen molar-refractivity contribution in [1.29, 1.82) is 0 Å². The van der Waals surface area contributed by atoms with E-state index in [1.54, 1.807) is 11.0 Å². The van der Waals surface area contributed by atoms with Crippen LogP contribution in [0.3, 0.4) is 0 Å². The maximum atomic E-state index is 13.3. The molecule has 0 aliphatic carbocycles. The SMILES string of the molecule is Cl.O=C(CN1CCCC1C(=O)O)Nc1ccccc1F. The summed E-state index contributed by atoms with van der Waals surface area (Å²) in [4.78, 5) is 24.3. The molecule has 0 spiro atoms. The Kier molecular flexibility index (Phi) is 5.91. The van der Waals surface area contributed by atoms with Gasteiger partial charge in [-0.15, -0.1) is 12.4 Å². The monoisotopic (exact) mass is 302 g/mol. The summed E-state index contributed by atoms with van der Waals surface area (Å²) in [5.74, 6) is -1.83. The van der Waals surface area contributed by atoms with E-state index in [4.69, 9.17) is 5.11 Å². The molecule has 1 aliphatic rings. The van der Waals surface area contributed by atoms with E-state index in [9.17, 15) is 14.0 Å². The lowest BCUT2D eigenvalue weighted by Crippen LogP contribution is -2.41. The molecule has 1 aromatic carbocycles. The molecule has 1 unspecified atom stereocenters. The third-order valence-corrected chi connectivity index (χ3v) is 3.14. The summed E-state index contributed by atoms with van der Waals surface area (Å²) in [5, 5.41) is 11.4. The molecule has 1 atom stereocenters. The topological polar surface area (TPSA) is 69.6 Å². The van der Waals surface area contributed by atoms with Crippen LogP contribution in [0.4, 0.5) is 10.1 Å². The van der Waals surface area contributed by atoms with Crippen LogP contribution in [0.2, 0.25) is 0 Å². The fourth-order valence-corrected chi connectivity index (χ4v) is 2.23. The van der Waals surface area contributed by atoms with Gasteiger partial charge in [0.15, 0.2) is 0 Å². The van der Waals surface area contributed by atoms with Crippen molar-refractivity contribution in [2.75, 3.05) is 18.4 Å². The maximum absolute atomic E-state index is 13.3. The number of aliphatic carboxylic acids is 1. The predicted octanol–water partition coefficient (Wildman–Crippen LogP) is 1.73. The summed E-state index contributed by atoms with van der Waals surface area (Å²) in [5.41, 5.74) is 0.110. The summed E-state index contributed by atoms with van der Waals surface area (Å²) >= 11 is 0. The van der Waals surface area contributed by atoms with E-state index >= 15 is 0 Å². The van der Waals surface area contributed by atoms with E-state index in [0.717, 1.165) is 6.42 Å². The number of rotatable bonds is 4. The first kappa shape index (κ1) is 16.4. The van der Waals surface area contributed by atoms with Crippen molar-refractivity contribution in [2.24, 2.45) is 0 Å². The highest BCUT2D eigenvalue weighted by Gasteiger charge is 2.31. The highest BCUT2D eigenvalue weighted by atomic mass is 35.5. The van der Waals surface area contributed by atoms with Gasteiger partial charge >= 0.3 is 5.97 Å². The third kappa shape index (κ3) is 3.91. The van der Waals surface area contributed by atoms with Gasteiger partial charge in [0.25, 0.3) is 0 Å². The van der Waals surface area contributed by atoms with Crippen molar-refractivity contribution >= 4 is 30.0 Å². The van der Waals surface area contributed by atoms with Crippen LogP contribution in [-0.4, -0.2) is 41.0 Å². The highest BCUT2D eigenvalue weighted by molar-refractivity contribution is 5.92. The molecule has 1 fully saturated rings. The Hall–Kier alpha value is -1.66. The average Bonchev–Trinajstić information content (AvgIpc) is 2.80. The number of hydrogen-bond acceptors (Lipinski definition) is 3. The molecule has 0 radical (unpaired) electrons. The molecule has 20 heavy (non-hydrogen) atoms. The quantitative estimate of drug-likeness (QED) is 0.889. The second-order valence-electron chi connectivity index (χ2n) is 4.49. The van der Waals surface area contributed by atoms with E-state index in [1.807, 2.05) is 0 Å². The van der Waals surface area contributed by atoms with Gasteiger partial charge in [0, 0.05) is 0 Å². The number of nitrogens with zero attached hydrogens (tertiary/aromatic N) is 1. The lowest BCUT2D eigenvalue weighted by molar-refractivity contribution is -0.142. The van der Waals surface area contributed by atoms with Crippen molar-refractivity contribution in [2.45, 2.75) is 18.9 Å². The fraction of sp³-hybridized carbons (Fsp3) is 0.385. The molecule has 1 amide bonds. The molecule has 1 aromatic rings. The van der Waals surface area contributed by atoms with Crippen LogP contribution in [-0.2, 0) is 9.59 Å². The number of benzene rings is 1. The number of carbonyl (C=O) groups excluding carboxylic acids is 1. The van der Waals surface area contributed by atoms with E-state index in [1.165, 1.54) is 18.2 Å². The van der Waals surface area contributed by atoms with Gasteiger partial charge < -0.3 is 10.4 Å². The summed E-state index contributed by atoms with van der Waals surface area (Å²) in [6, 6.07) is 5.25. The number of hydrogen-bond donors (Lipinski definition) is 2. The number of halogens is 2. The number of carbonyl (C=O) groups is 2. The smallest absolute Gasteiger partial charge is 0.320 e. The van der Waals surface area contributed by atoms with Crippen molar-refractivity contribution in [3.05, 3.63) is 30.1 Å². The minimum absolute atomic E-state index is 0. The summed E-state index contributed by atoms with van der Waals surface area (Å²) in [6.45, 7) is 0.535. The van der Waals surface area contributed by atoms with E-state index in [-0.39, 0.29) is 24.6 Å². The highest BCUT2D eigenvalue weighted by Crippen LogP contribution is 2.17. The number of anilines is 1. The molecule has 1 heterocycles. The Labute approximate surface area is 122 Å². The van der Waals surface area contributed by atoms with Crippen LogP contribution in [0.5, 0.6) is 0 Å². The number of likely N-dealkylation sites (tertiary alicyclic amines) is 1. The van der Waals surface area contributed by atoms with Crippen LogP contribution in [0.15, 0.2) is 24.3 Å². The van der Waals surface area contributed by atoms with Gasteiger partial charge in [-0.2, -0.15) is 0 Å². The lowest BCUT2D eigenvalue weighted by atomic mass is 10.2. The van der Waals surface area contributed by atoms with Crippen LogP contribution in [0.25, 0.3) is 0 Å². The van der Waals surface area contributed by atoms with Crippen molar-refractivity contribution in [3.8, 4) is 0 Å². The molecule has 110 valence electrons. The van der Waals surface area contributed by atoms with Crippen LogP contribution in [0, 0.1) is 5.82 Å². The zero-order chi connectivity index (χ0) is 13.8. The predicted molar refractivity (Wildman–Crippen MR) is 74.5 cm³/mol. The van der Waals surface area contributed by atoms with Gasteiger partial charge in [-0.1, -0.05) is 12.1 Å². The first-order valence-corrected chi connectivity index (χ1v) is 6.09. The van der Waals surface area contributed by atoms with E-state index in [2.05, 4.69) is 5.32 Å². The fourth-order valence-electron chi connectivity index (χ4n) is 2.23. The summed E-state index contributed by atoms with van der Waals surface area (Å²) in [7, 11) is 0. The standard InChI is InChI=1S/C13H15FN2O3.ClH/c14-9-4-1-2-5-10(9)15-12(17)8-16-7-3-6-11(16)13(18)19;/h1-2,4-5,11H,3,6-8H2,(H,15,17)(H,18,19);1H. The van der Waals surface area contributed by atoms with Gasteiger partial charge in [0.2, 0.25) is 5.91 Å². The number of carboxylic acids is 1. The Morgan fingerprint density at radius 3 is 2.75 bits per heavy atom. The molecular weight excluding hydrogens is 287 g/mol. The molecule has 0 bridgehead atoms. The number of carboxylic acid groups (broad SMARTS) is 1. The minimum atomic E-state index is -0.920. The zero-order valence-electron chi connectivity index (χ0n) is 10.7. The van der Waals surface area contributed by atoms with Gasteiger partial charge in [0.05, 0.1) is 12.2 Å². The molecule has 5 nitrogen and oxygen atoms in total. The summed E-state index contributed by atoms with van der Waals surface area (Å²) < 4.78 is 13.3. The van der Waals surface area contributed by atoms with Crippen LogP contribution < -0.4 is 5.32 Å². The normalized spacial score (nSPS) is 18.4. The molecule has 7 heteroatoms. The van der Waals surface area contributed by atoms with Crippen LogP contribution in [0.1, 0.15) is 12.8 Å². The second kappa shape index (κ2) is 7.21. The van der Waals surface area contributed by atoms with Crippen molar-refractivity contribution in [1.82, 2.24) is 4.90 Å². The molecule has 0 aromatic heterocycles. The second-order valence-corrected chi connectivity index (χ2v) is 4.49. The van der Waals surface area contributed by atoms with E-state index < -0.39 is 23.7 Å². The number of nitrogens with one attached hydrogen (secondary N) is 1. The van der Waals surface area contributed by atoms with Gasteiger partial charge in [-0.25, -0.2) is 4.39 Å². The zero-order valence-corrected chi connectivity index (χ0v) is 11.5. The molecule has 1 aliphatic heterocycles. The van der Waals surface area contributed by atoms with Crippen molar-refractivity contribution in [3.63, 3.8) is 0 Å². The molecule has 2 rings (SSSR count). The first-order chi connectivity index (χ1) is 9.08. The van der Waals surface area contributed by atoms with Gasteiger partial charge in [0.1, 0.15) is 11.9 Å². The summed E-state index contributed by atoms with van der Waals surface area (Å²) in [6.07, 6.45) is 1.30. The van der Waals surface area contributed by atoms with Crippen molar-refractivity contribution < 1.29 is 19.1 Å². The third-order valence-electron chi connectivity index (χ3n) is 3.14. The maximum Gasteiger partial charge on any atom is 0.320 e. The molecule has 0 saturated carbocycles. The first-order valence-electron chi connectivity index (χ1n) is 6.09. The largest absolute Gasteiger partial charge is 0.480 e. The lowest BCUT2D eigenvalue weighted by Gasteiger charge is -2.20. The van der Waals surface area contributed by atoms with Crippen LogP contribution >= 0.6 is 12.4 Å². The number of para-hydroxylation sites is 1.